The normalized spacial score (nSPS) is 19.7. The molecule has 2 rings (SSSR count). The average molecular weight is 296 g/mol. The Bertz CT molecular complexity index is 564. The number of hydrogen-bond donors (Lipinski definition) is 0. The Balaban J connectivity index is 2.26. The Morgan fingerprint density at radius 2 is 1.90 bits per heavy atom. The van der Waals surface area contributed by atoms with Crippen molar-refractivity contribution >= 4 is 5.69 Å². The summed E-state index contributed by atoms with van der Waals surface area (Å²) in [5.41, 5.74) is -0.288. The van der Waals surface area contributed by atoms with Gasteiger partial charge in [-0.3, -0.25) is 0 Å². The number of nitriles is 1. The minimum absolute atomic E-state index is 0.179. The number of hydrogen-bond acceptors (Lipinski definition) is 2. The van der Waals surface area contributed by atoms with E-state index in [-0.39, 0.29) is 11.0 Å². The summed E-state index contributed by atoms with van der Waals surface area (Å²) in [6.45, 7) is 8.16. The lowest BCUT2D eigenvalue weighted by molar-refractivity contribution is -0.137. The molecule has 0 aliphatic carbocycles. The van der Waals surface area contributed by atoms with E-state index < -0.39 is 11.7 Å². The van der Waals surface area contributed by atoms with Crippen molar-refractivity contribution in [3.63, 3.8) is 0 Å². The highest BCUT2D eigenvalue weighted by Crippen LogP contribution is 2.38. The van der Waals surface area contributed by atoms with Crippen molar-refractivity contribution in [1.82, 2.24) is 0 Å². The highest BCUT2D eigenvalue weighted by molar-refractivity contribution is 5.56. The standard InChI is InChI=1S/C16H19F3N2/c1-15(2,3)12-6-7-21(10-12)13-4-5-14(16(17,18)19)11(8-13)9-20/h4-5,8,12H,6-7,10H2,1-3H3. The Morgan fingerprint density at radius 1 is 1.24 bits per heavy atom. The number of rotatable bonds is 1. The zero-order valence-electron chi connectivity index (χ0n) is 12.5. The largest absolute Gasteiger partial charge is 0.417 e. The maximum Gasteiger partial charge on any atom is 0.417 e. The van der Waals surface area contributed by atoms with Gasteiger partial charge in [-0.25, -0.2) is 0 Å². The first-order chi connectivity index (χ1) is 9.63. The number of alkyl halides is 3. The Morgan fingerprint density at radius 3 is 2.38 bits per heavy atom. The van der Waals surface area contributed by atoms with Crippen LogP contribution in [0.4, 0.5) is 18.9 Å². The molecule has 1 atom stereocenters. The van der Waals surface area contributed by atoms with Crippen molar-refractivity contribution < 1.29 is 13.2 Å². The Labute approximate surface area is 123 Å². The van der Waals surface area contributed by atoms with Crippen molar-refractivity contribution in [3.05, 3.63) is 29.3 Å². The summed E-state index contributed by atoms with van der Waals surface area (Å²) in [7, 11) is 0. The third-order valence-corrected chi connectivity index (χ3v) is 4.21. The molecule has 2 nitrogen and oxygen atoms in total. The first-order valence-corrected chi connectivity index (χ1v) is 6.99. The predicted octanol–water partition coefficient (Wildman–Crippen LogP) is 4.45. The average Bonchev–Trinajstić information content (AvgIpc) is 2.86. The van der Waals surface area contributed by atoms with E-state index in [9.17, 15) is 13.2 Å². The van der Waals surface area contributed by atoms with Crippen molar-refractivity contribution in [1.29, 1.82) is 5.26 Å². The molecule has 0 radical (unpaired) electrons. The molecule has 0 bridgehead atoms. The van der Waals surface area contributed by atoms with Gasteiger partial charge in [0.1, 0.15) is 0 Å². The lowest BCUT2D eigenvalue weighted by Gasteiger charge is -2.27. The highest BCUT2D eigenvalue weighted by atomic mass is 19.4. The van der Waals surface area contributed by atoms with Gasteiger partial charge < -0.3 is 4.90 Å². The van der Waals surface area contributed by atoms with Crippen LogP contribution in [0, 0.1) is 22.7 Å². The van der Waals surface area contributed by atoms with Crippen LogP contribution in [0.5, 0.6) is 0 Å². The topological polar surface area (TPSA) is 27.0 Å². The molecular formula is C16H19F3N2. The summed E-state index contributed by atoms with van der Waals surface area (Å²) in [5.74, 6) is 0.505. The molecule has 0 spiro atoms. The van der Waals surface area contributed by atoms with Gasteiger partial charge in [0.05, 0.1) is 17.2 Å². The van der Waals surface area contributed by atoms with Crippen LogP contribution in [-0.4, -0.2) is 13.1 Å². The molecule has 1 aliphatic rings. The smallest absolute Gasteiger partial charge is 0.371 e. The molecule has 1 aromatic rings. The molecule has 0 N–H and O–H groups in total. The fourth-order valence-electron chi connectivity index (χ4n) is 2.77. The number of benzene rings is 1. The summed E-state index contributed by atoms with van der Waals surface area (Å²) in [5, 5.41) is 8.96. The fourth-order valence-corrected chi connectivity index (χ4v) is 2.77. The summed E-state index contributed by atoms with van der Waals surface area (Å²) in [6.07, 6.45) is -3.46. The minimum Gasteiger partial charge on any atom is -0.371 e. The van der Waals surface area contributed by atoms with Crippen LogP contribution >= 0.6 is 0 Å². The van der Waals surface area contributed by atoms with Crippen LogP contribution in [0.2, 0.25) is 0 Å². The van der Waals surface area contributed by atoms with Gasteiger partial charge in [0.2, 0.25) is 0 Å². The van der Waals surface area contributed by atoms with Gasteiger partial charge in [0, 0.05) is 18.8 Å². The van der Waals surface area contributed by atoms with E-state index in [1.807, 2.05) is 0 Å². The van der Waals surface area contributed by atoms with Crippen LogP contribution in [0.15, 0.2) is 18.2 Å². The van der Waals surface area contributed by atoms with E-state index in [1.54, 1.807) is 6.07 Å². The first-order valence-electron chi connectivity index (χ1n) is 6.99. The van der Waals surface area contributed by atoms with Gasteiger partial charge in [-0.15, -0.1) is 0 Å². The maximum atomic E-state index is 12.8. The second-order valence-electron chi connectivity index (χ2n) is 6.64. The molecule has 1 fully saturated rings. The van der Waals surface area contributed by atoms with E-state index in [4.69, 9.17) is 5.26 Å². The number of anilines is 1. The summed E-state index contributed by atoms with van der Waals surface area (Å²) in [4.78, 5) is 2.07. The van der Waals surface area contributed by atoms with Gasteiger partial charge in [-0.1, -0.05) is 20.8 Å². The SMILES string of the molecule is CC(C)(C)C1CCN(c2ccc(C(F)(F)F)c(C#N)c2)C1. The van der Waals surface area contributed by atoms with Crippen molar-refractivity contribution in [2.24, 2.45) is 11.3 Å². The van der Waals surface area contributed by atoms with E-state index in [2.05, 4.69) is 25.7 Å². The highest BCUT2D eigenvalue weighted by Gasteiger charge is 2.35. The molecule has 21 heavy (non-hydrogen) atoms. The second-order valence-corrected chi connectivity index (χ2v) is 6.64. The molecule has 1 aliphatic heterocycles. The van der Waals surface area contributed by atoms with Crippen molar-refractivity contribution in [3.8, 4) is 6.07 Å². The molecule has 5 heteroatoms. The van der Waals surface area contributed by atoms with Gasteiger partial charge >= 0.3 is 6.18 Å². The molecule has 1 heterocycles. The zero-order chi connectivity index (χ0) is 15.8. The zero-order valence-corrected chi connectivity index (χ0v) is 12.5. The van der Waals surface area contributed by atoms with E-state index >= 15 is 0 Å². The van der Waals surface area contributed by atoms with Gasteiger partial charge in [0.25, 0.3) is 0 Å². The van der Waals surface area contributed by atoms with Crippen LogP contribution in [-0.2, 0) is 6.18 Å². The summed E-state index contributed by atoms with van der Waals surface area (Å²) in [6, 6.07) is 5.49. The minimum atomic E-state index is -4.48. The quantitative estimate of drug-likeness (QED) is 0.765. The van der Waals surface area contributed by atoms with Crippen molar-refractivity contribution in [2.75, 3.05) is 18.0 Å². The van der Waals surface area contributed by atoms with Crippen LogP contribution < -0.4 is 4.90 Å². The third kappa shape index (κ3) is 3.31. The van der Waals surface area contributed by atoms with E-state index in [0.717, 1.165) is 25.6 Å². The predicted molar refractivity (Wildman–Crippen MR) is 75.9 cm³/mol. The van der Waals surface area contributed by atoms with Crippen LogP contribution in [0.3, 0.4) is 0 Å². The molecule has 0 amide bonds. The number of nitrogens with zero attached hydrogens (tertiary/aromatic N) is 2. The van der Waals surface area contributed by atoms with Gasteiger partial charge in [-0.2, -0.15) is 18.4 Å². The maximum absolute atomic E-state index is 12.8. The molecule has 0 saturated carbocycles. The Hall–Kier alpha value is -1.70. The van der Waals surface area contributed by atoms with Gasteiger partial charge in [0.15, 0.2) is 0 Å². The molecular weight excluding hydrogens is 277 g/mol. The molecule has 0 aromatic heterocycles. The van der Waals surface area contributed by atoms with E-state index in [1.165, 1.54) is 12.1 Å². The number of halogens is 3. The molecule has 1 saturated heterocycles. The van der Waals surface area contributed by atoms with Crippen LogP contribution in [0.1, 0.15) is 38.3 Å². The lowest BCUT2D eigenvalue weighted by Crippen LogP contribution is -2.26. The molecule has 1 aromatic carbocycles. The fraction of sp³-hybridized carbons (Fsp3) is 0.562. The van der Waals surface area contributed by atoms with Gasteiger partial charge in [-0.05, 0) is 36.0 Å². The van der Waals surface area contributed by atoms with Crippen LogP contribution in [0.25, 0.3) is 0 Å². The monoisotopic (exact) mass is 296 g/mol. The van der Waals surface area contributed by atoms with Crippen molar-refractivity contribution in [2.45, 2.75) is 33.4 Å². The Kier molecular flexibility index (Phi) is 3.92. The van der Waals surface area contributed by atoms with E-state index in [0.29, 0.717) is 11.6 Å². The second kappa shape index (κ2) is 5.25. The third-order valence-electron chi connectivity index (χ3n) is 4.21. The first kappa shape index (κ1) is 15.7. The summed E-state index contributed by atoms with van der Waals surface area (Å²) >= 11 is 0. The molecule has 1 unspecified atom stereocenters. The molecule has 114 valence electrons. The lowest BCUT2D eigenvalue weighted by atomic mass is 9.80. The summed E-state index contributed by atoms with van der Waals surface area (Å²) < 4.78 is 38.4.